The molecule has 2 aromatic rings. The van der Waals surface area contributed by atoms with Gasteiger partial charge in [-0.25, -0.2) is 4.79 Å². The minimum atomic E-state index is -1.33. The lowest BCUT2D eigenvalue weighted by Gasteiger charge is -2.22. The molecule has 1 fully saturated rings. The molecule has 0 saturated carbocycles. The highest BCUT2D eigenvalue weighted by Gasteiger charge is 2.50. The summed E-state index contributed by atoms with van der Waals surface area (Å²) in [5, 5.41) is 12.0. The smallest absolute Gasteiger partial charge is 0.344 e. The molecule has 1 heterocycles. The lowest BCUT2D eigenvalue weighted by atomic mass is 9.92. The number of rotatable bonds is 6. The Morgan fingerprint density at radius 2 is 1.76 bits per heavy atom. The van der Waals surface area contributed by atoms with Crippen molar-refractivity contribution in [2.75, 3.05) is 13.7 Å². The predicted molar refractivity (Wildman–Crippen MR) is 101 cm³/mol. The maximum atomic E-state index is 12.8. The van der Waals surface area contributed by atoms with Gasteiger partial charge in [0.25, 0.3) is 11.8 Å². The van der Waals surface area contributed by atoms with E-state index in [2.05, 4.69) is 10.7 Å². The molecule has 1 atom stereocenters. The third-order valence-electron chi connectivity index (χ3n) is 4.45. The molecule has 0 aliphatic carbocycles. The number of hydrogen-bond acceptors (Lipinski definition) is 6. The van der Waals surface area contributed by atoms with E-state index in [9.17, 15) is 14.4 Å². The first-order valence-corrected chi connectivity index (χ1v) is 8.61. The van der Waals surface area contributed by atoms with Gasteiger partial charge in [0, 0.05) is 0 Å². The topological polar surface area (TPSA) is 121 Å². The molecule has 0 bridgehead atoms. The molecule has 4 amide bonds. The normalized spacial score (nSPS) is 18.0. The highest BCUT2D eigenvalue weighted by molar-refractivity contribution is 6.08. The first-order valence-electron chi connectivity index (χ1n) is 8.61. The largest absolute Gasteiger partial charge is 0.497 e. The van der Waals surface area contributed by atoms with Crippen molar-refractivity contribution in [1.82, 2.24) is 15.8 Å². The Bertz CT molecular complexity index is 981. The van der Waals surface area contributed by atoms with Crippen molar-refractivity contribution >= 4 is 17.8 Å². The van der Waals surface area contributed by atoms with Crippen molar-refractivity contribution in [3.63, 3.8) is 0 Å². The number of benzene rings is 2. The number of ether oxygens (including phenoxy) is 2. The minimum Gasteiger partial charge on any atom is -0.497 e. The summed E-state index contributed by atoms with van der Waals surface area (Å²) in [5.41, 5.74) is 1.92. The second-order valence-electron chi connectivity index (χ2n) is 6.38. The fraction of sp³-hybridized carbons (Fsp3) is 0.200. The van der Waals surface area contributed by atoms with E-state index < -0.39 is 30.0 Å². The van der Waals surface area contributed by atoms with Gasteiger partial charge in [-0.3, -0.25) is 15.0 Å². The molecule has 9 heteroatoms. The Hall–Kier alpha value is -4.06. The summed E-state index contributed by atoms with van der Waals surface area (Å²) >= 11 is 0. The minimum absolute atomic E-state index is 0.374. The highest BCUT2D eigenvalue weighted by Crippen LogP contribution is 2.29. The van der Waals surface area contributed by atoms with Gasteiger partial charge >= 0.3 is 6.03 Å². The van der Waals surface area contributed by atoms with Crippen LogP contribution in [0, 0.1) is 11.3 Å². The van der Waals surface area contributed by atoms with Crippen molar-refractivity contribution < 1.29 is 23.9 Å². The van der Waals surface area contributed by atoms with E-state index in [1.54, 1.807) is 55.5 Å². The fourth-order valence-corrected chi connectivity index (χ4v) is 2.79. The summed E-state index contributed by atoms with van der Waals surface area (Å²) in [5.74, 6) is -0.324. The number of carbonyl (C=O) groups excluding carboxylic acids is 3. The molecule has 0 unspecified atom stereocenters. The molecule has 9 nitrogen and oxygen atoms in total. The molecule has 29 heavy (non-hydrogen) atoms. The molecule has 148 valence electrons. The van der Waals surface area contributed by atoms with Crippen LogP contribution >= 0.6 is 0 Å². The first kappa shape index (κ1) is 19.7. The van der Waals surface area contributed by atoms with Crippen molar-refractivity contribution in [2.24, 2.45) is 0 Å². The van der Waals surface area contributed by atoms with Crippen molar-refractivity contribution in [1.29, 1.82) is 5.26 Å². The van der Waals surface area contributed by atoms with E-state index in [0.717, 1.165) is 0 Å². The van der Waals surface area contributed by atoms with E-state index in [1.807, 2.05) is 6.07 Å². The second kappa shape index (κ2) is 7.90. The lowest BCUT2D eigenvalue weighted by Crippen LogP contribution is -2.49. The molecule has 0 radical (unpaired) electrons. The number of urea groups is 1. The SMILES string of the molecule is COc1ccc([C@@]2(C)NC(=O)N(NC(=O)COc3ccc(C#N)cc3)C2=O)cc1. The quantitative estimate of drug-likeness (QED) is 0.716. The second-order valence-corrected chi connectivity index (χ2v) is 6.38. The van der Waals surface area contributed by atoms with E-state index in [4.69, 9.17) is 14.7 Å². The fourth-order valence-electron chi connectivity index (χ4n) is 2.79. The Balaban J connectivity index is 1.64. The zero-order chi connectivity index (χ0) is 21.0. The number of nitriles is 1. The van der Waals surface area contributed by atoms with Crippen LogP contribution in [0.5, 0.6) is 11.5 Å². The number of hydrazine groups is 1. The molecule has 0 spiro atoms. The van der Waals surface area contributed by atoms with Gasteiger partial charge in [-0.05, 0) is 48.9 Å². The van der Waals surface area contributed by atoms with Gasteiger partial charge in [0.05, 0.1) is 18.7 Å². The van der Waals surface area contributed by atoms with E-state index in [-0.39, 0.29) is 0 Å². The van der Waals surface area contributed by atoms with Crippen LogP contribution in [0.25, 0.3) is 0 Å². The summed E-state index contributed by atoms with van der Waals surface area (Å²) in [4.78, 5) is 37.2. The van der Waals surface area contributed by atoms with Crippen LogP contribution in [-0.4, -0.2) is 36.6 Å². The number of hydrogen-bond donors (Lipinski definition) is 2. The number of amides is 4. The first-order chi connectivity index (χ1) is 13.9. The molecule has 2 N–H and O–H groups in total. The Morgan fingerprint density at radius 3 is 2.34 bits per heavy atom. The zero-order valence-corrected chi connectivity index (χ0v) is 15.8. The number of imide groups is 1. The van der Waals surface area contributed by atoms with E-state index in [1.165, 1.54) is 7.11 Å². The van der Waals surface area contributed by atoms with Gasteiger partial charge < -0.3 is 14.8 Å². The van der Waals surface area contributed by atoms with Crippen LogP contribution in [0.3, 0.4) is 0 Å². The summed E-state index contributed by atoms with van der Waals surface area (Å²) in [6.07, 6.45) is 0. The molecule has 1 aliphatic heterocycles. The summed E-state index contributed by atoms with van der Waals surface area (Å²) in [6, 6.07) is 14.1. The van der Waals surface area contributed by atoms with Crippen molar-refractivity contribution in [3.05, 3.63) is 59.7 Å². The van der Waals surface area contributed by atoms with Gasteiger partial charge in [-0.15, -0.1) is 0 Å². The zero-order valence-electron chi connectivity index (χ0n) is 15.8. The molecule has 0 aromatic heterocycles. The summed E-state index contributed by atoms with van der Waals surface area (Å²) in [7, 11) is 1.52. The van der Waals surface area contributed by atoms with E-state index in [0.29, 0.717) is 27.6 Å². The molecule has 1 aliphatic rings. The molecular weight excluding hydrogens is 376 g/mol. The highest BCUT2D eigenvalue weighted by atomic mass is 16.5. The predicted octanol–water partition coefficient (Wildman–Crippen LogP) is 1.44. The van der Waals surface area contributed by atoms with Gasteiger partial charge in [-0.2, -0.15) is 10.3 Å². The maximum absolute atomic E-state index is 12.8. The number of nitrogens with one attached hydrogen (secondary N) is 2. The van der Waals surface area contributed by atoms with Crippen LogP contribution in [-0.2, 0) is 15.1 Å². The van der Waals surface area contributed by atoms with Crippen molar-refractivity contribution in [3.8, 4) is 17.6 Å². The number of nitrogens with zero attached hydrogens (tertiary/aromatic N) is 2. The molecule has 1 saturated heterocycles. The Kier molecular flexibility index (Phi) is 5.36. The van der Waals surface area contributed by atoms with Crippen LogP contribution in [0.2, 0.25) is 0 Å². The molecule has 3 rings (SSSR count). The van der Waals surface area contributed by atoms with Gasteiger partial charge in [0.15, 0.2) is 6.61 Å². The average Bonchev–Trinajstić information content (AvgIpc) is 2.96. The molecular formula is C20H18N4O5. The number of carbonyl (C=O) groups is 3. The maximum Gasteiger partial charge on any atom is 0.344 e. The van der Waals surface area contributed by atoms with Crippen LogP contribution in [0.15, 0.2) is 48.5 Å². The van der Waals surface area contributed by atoms with E-state index >= 15 is 0 Å². The van der Waals surface area contributed by atoms with Crippen molar-refractivity contribution in [2.45, 2.75) is 12.5 Å². The monoisotopic (exact) mass is 394 g/mol. The third-order valence-corrected chi connectivity index (χ3v) is 4.45. The Labute approximate surface area is 166 Å². The average molecular weight is 394 g/mol. The summed E-state index contributed by atoms with van der Waals surface area (Å²) < 4.78 is 10.4. The standard InChI is InChI=1S/C20H18N4O5/c1-20(14-5-9-15(28-2)10-6-14)18(26)24(19(27)22-20)23-17(25)12-29-16-7-3-13(11-21)4-8-16/h3-10H,12H2,1-2H3,(H,22,27)(H,23,25)/t20-/m1/s1. The van der Waals surface area contributed by atoms with Crippen LogP contribution in [0.1, 0.15) is 18.1 Å². The van der Waals surface area contributed by atoms with Gasteiger partial charge in [0.1, 0.15) is 17.0 Å². The number of methoxy groups -OCH3 is 1. The lowest BCUT2D eigenvalue weighted by molar-refractivity contribution is -0.139. The third kappa shape index (κ3) is 3.96. The van der Waals surface area contributed by atoms with Crippen LogP contribution < -0.4 is 20.2 Å². The van der Waals surface area contributed by atoms with Gasteiger partial charge in [0.2, 0.25) is 0 Å². The molecule has 2 aromatic carbocycles. The van der Waals surface area contributed by atoms with Gasteiger partial charge in [-0.1, -0.05) is 12.1 Å². The summed E-state index contributed by atoms with van der Waals surface area (Å²) in [6.45, 7) is 1.14. The van der Waals surface area contributed by atoms with Crippen LogP contribution in [0.4, 0.5) is 4.79 Å². The Morgan fingerprint density at radius 1 is 1.14 bits per heavy atom.